The number of aliphatic hydroxyl groups excluding tert-OH is 1. The quantitative estimate of drug-likeness (QED) is 0.751. The molecule has 0 unspecified atom stereocenters. The van der Waals surface area contributed by atoms with E-state index in [1.165, 1.54) is 12.1 Å². The van der Waals surface area contributed by atoms with Crippen LogP contribution < -0.4 is 0 Å². The first kappa shape index (κ1) is 9.99. The normalized spacial score (nSPS) is 10.4. The molecule has 0 aromatic heterocycles. The van der Waals surface area contributed by atoms with E-state index >= 15 is 0 Å². The van der Waals surface area contributed by atoms with Crippen molar-refractivity contribution in [1.29, 1.82) is 0 Å². The molecule has 1 aromatic carbocycles. The van der Waals surface area contributed by atoms with Crippen LogP contribution in [0.5, 0.6) is 5.75 Å². The Labute approximate surface area is 76.6 Å². The predicted octanol–water partition coefficient (Wildman–Crippen LogP) is 1.76. The summed E-state index contributed by atoms with van der Waals surface area (Å²) in [5.41, 5.74) is 0.988. The standard InChI is InChI=1S/C10H13FO2/c1-7-5-10(13)8(3-2-4-12)6-9(7)11/h5-6,12-13H,2-4H2,1H3. The maximum atomic E-state index is 13.0. The first-order valence-electron chi connectivity index (χ1n) is 4.24. The van der Waals surface area contributed by atoms with E-state index in [2.05, 4.69) is 0 Å². The van der Waals surface area contributed by atoms with Crippen LogP contribution in [0.1, 0.15) is 17.5 Å². The van der Waals surface area contributed by atoms with Gasteiger partial charge in [-0.25, -0.2) is 4.39 Å². The van der Waals surface area contributed by atoms with Gasteiger partial charge in [-0.15, -0.1) is 0 Å². The number of phenolic OH excluding ortho intramolecular Hbond substituents is 1. The summed E-state index contributed by atoms with van der Waals surface area (Å²) in [6, 6.07) is 2.72. The molecule has 13 heavy (non-hydrogen) atoms. The van der Waals surface area contributed by atoms with E-state index in [-0.39, 0.29) is 18.2 Å². The number of hydrogen-bond donors (Lipinski definition) is 2. The number of halogens is 1. The van der Waals surface area contributed by atoms with Crippen LogP contribution in [0.25, 0.3) is 0 Å². The third-order valence-electron chi connectivity index (χ3n) is 1.96. The molecule has 2 nitrogen and oxygen atoms in total. The molecule has 72 valence electrons. The Morgan fingerprint density at radius 1 is 1.38 bits per heavy atom. The minimum Gasteiger partial charge on any atom is -0.508 e. The van der Waals surface area contributed by atoms with Gasteiger partial charge in [0.2, 0.25) is 0 Å². The van der Waals surface area contributed by atoms with Crippen LogP contribution in [0, 0.1) is 12.7 Å². The van der Waals surface area contributed by atoms with Crippen LogP contribution in [0.2, 0.25) is 0 Å². The first-order valence-corrected chi connectivity index (χ1v) is 4.24. The summed E-state index contributed by atoms with van der Waals surface area (Å²) in [5.74, 6) is -0.210. The molecule has 0 atom stereocenters. The summed E-state index contributed by atoms with van der Waals surface area (Å²) in [4.78, 5) is 0. The molecular formula is C10H13FO2. The summed E-state index contributed by atoms with van der Waals surface area (Å²) in [6.07, 6.45) is 1.04. The fourth-order valence-electron chi connectivity index (χ4n) is 1.18. The lowest BCUT2D eigenvalue weighted by molar-refractivity contribution is 0.288. The molecule has 3 heteroatoms. The molecule has 0 aliphatic carbocycles. The monoisotopic (exact) mass is 184 g/mol. The van der Waals surface area contributed by atoms with Crippen LogP contribution in [-0.4, -0.2) is 16.8 Å². The van der Waals surface area contributed by atoms with E-state index in [9.17, 15) is 9.50 Å². The number of aliphatic hydroxyl groups is 1. The Morgan fingerprint density at radius 3 is 2.69 bits per heavy atom. The number of hydrogen-bond acceptors (Lipinski definition) is 2. The summed E-state index contributed by atoms with van der Waals surface area (Å²) in [5, 5.41) is 18.0. The maximum absolute atomic E-state index is 13.0. The molecule has 0 saturated carbocycles. The molecule has 0 radical (unpaired) electrons. The lowest BCUT2D eigenvalue weighted by Gasteiger charge is -2.05. The Morgan fingerprint density at radius 2 is 2.08 bits per heavy atom. The second kappa shape index (κ2) is 4.23. The van der Waals surface area contributed by atoms with Gasteiger partial charge < -0.3 is 10.2 Å². The van der Waals surface area contributed by atoms with Gasteiger partial charge in [0.25, 0.3) is 0 Å². The van der Waals surface area contributed by atoms with Crippen molar-refractivity contribution in [2.45, 2.75) is 19.8 Å². The third-order valence-corrected chi connectivity index (χ3v) is 1.96. The zero-order chi connectivity index (χ0) is 9.84. The molecule has 0 spiro atoms. The Bertz CT molecular complexity index is 297. The van der Waals surface area contributed by atoms with Crippen LogP contribution in [0.15, 0.2) is 12.1 Å². The fraction of sp³-hybridized carbons (Fsp3) is 0.400. The van der Waals surface area contributed by atoms with E-state index in [0.717, 1.165) is 0 Å². The highest BCUT2D eigenvalue weighted by atomic mass is 19.1. The summed E-state index contributed by atoms with van der Waals surface area (Å²) >= 11 is 0. The average molecular weight is 184 g/mol. The van der Waals surface area contributed by atoms with Gasteiger partial charge in [-0.2, -0.15) is 0 Å². The number of benzene rings is 1. The predicted molar refractivity (Wildman–Crippen MR) is 48.2 cm³/mol. The van der Waals surface area contributed by atoms with Crippen LogP contribution in [-0.2, 0) is 6.42 Å². The third kappa shape index (κ3) is 2.42. The zero-order valence-electron chi connectivity index (χ0n) is 7.55. The second-order valence-corrected chi connectivity index (χ2v) is 3.06. The highest BCUT2D eigenvalue weighted by Gasteiger charge is 2.05. The van der Waals surface area contributed by atoms with Crippen molar-refractivity contribution in [1.82, 2.24) is 0 Å². The number of rotatable bonds is 3. The molecule has 0 saturated heterocycles. The van der Waals surface area contributed by atoms with Gasteiger partial charge in [-0.05, 0) is 43.0 Å². The van der Waals surface area contributed by atoms with E-state index in [0.29, 0.717) is 24.0 Å². The van der Waals surface area contributed by atoms with Crippen molar-refractivity contribution < 1.29 is 14.6 Å². The van der Waals surface area contributed by atoms with Gasteiger partial charge in [0.15, 0.2) is 0 Å². The van der Waals surface area contributed by atoms with Gasteiger partial charge in [-0.1, -0.05) is 0 Å². The Hall–Kier alpha value is -1.09. The smallest absolute Gasteiger partial charge is 0.126 e. The second-order valence-electron chi connectivity index (χ2n) is 3.06. The number of phenols is 1. The van der Waals surface area contributed by atoms with Crippen LogP contribution in [0.4, 0.5) is 4.39 Å². The minimum atomic E-state index is -0.314. The fourth-order valence-corrected chi connectivity index (χ4v) is 1.18. The Balaban J connectivity index is 2.88. The first-order chi connectivity index (χ1) is 6.15. The highest BCUT2D eigenvalue weighted by molar-refractivity contribution is 5.36. The van der Waals surface area contributed by atoms with Crippen molar-refractivity contribution >= 4 is 0 Å². The van der Waals surface area contributed by atoms with Crippen molar-refractivity contribution in [2.75, 3.05) is 6.61 Å². The van der Waals surface area contributed by atoms with E-state index in [1.807, 2.05) is 0 Å². The molecule has 1 rings (SSSR count). The molecule has 1 aromatic rings. The minimum absolute atomic E-state index is 0.0505. The van der Waals surface area contributed by atoms with Crippen molar-refractivity contribution in [3.63, 3.8) is 0 Å². The van der Waals surface area contributed by atoms with Crippen LogP contribution >= 0.6 is 0 Å². The maximum Gasteiger partial charge on any atom is 0.126 e. The molecule has 0 aliphatic rings. The largest absolute Gasteiger partial charge is 0.508 e. The van der Waals surface area contributed by atoms with Crippen LogP contribution in [0.3, 0.4) is 0 Å². The van der Waals surface area contributed by atoms with E-state index in [4.69, 9.17) is 5.11 Å². The van der Waals surface area contributed by atoms with Gasteiger partial charge >= 0.3 is 0 Å². The lowest BCUT2D eigenvalue weighted by Crippen LogP contribution is -1.93. The van der Waals surface area contributed by atoms with Gasteiger partial charge in [-0.3, -0.25) is 0 Å². The topological polar surface area (TPSA) is 40.5 Å². The van der Waals surface area contributed by atoms with E-state index in [1.54, 1.807) is 6.92 Å². The highest BCUT2D eigenvalue weighted by Crippen LogP contribution is 2.22. The summed E-state index contributed by atoms with van der Waals surface area (Å²) in [7, 11) is 0. The van der Waals surface area contributed by atoms with Crippen molar-refractivity contribution in [3.05, 3.63) is 29.1 Å². The van der Waals surface area contributed by atoms with Gasteiger partial charge in [0.1, 0.15) is 11.6 Å². The molecule has 0 bridgehead atoms. The lowest BCUT2D eigenvalue weighted by atomic mass is 10.1. The van der Waals surface area contributed by atoms with Gasteiger partial charge in [0, 0.05) is 6.61 Å². The summed E-state index contributed by atoms with van der Waals surface area (Å²) in [6.45, 7) is 1.65. The zero-order valence-corrected chi connectivity index (χ0v) is 7.55. The summed E-state index contributed by atoms with van der Waals surface area (Å²) < 4.78 is 13.0. The molecule has 0 aliphatic heterocycles. The van der Waals surface area contributed by atoms with E-state index < -0.39 is 0 Å². The Kier molecular flexibility index (Phi) is 3.25. The number of aromatic hydroxyl groups is 1. The average Bonchev–Trinajstić information content (AvgIpc) is 2.09. The molecule has 0 amide bonds. The molecular weight excluding hydrogens is 171 g/mol. The number of aryl methyl sites for hydroxylation is 2. The molecule has 0 fully saturated rings. The molecule has 2 N–H and O–H groups in total. The SMILES string of the molecule is Cc1cc(O)c(CCCO)cc1F. The van der Waals surface area contributed by atoms with Crippen molar-refractivity contribution in [2.24, 2.45) is 0 Å². The molecule has 0 heterocycles. The van der Waals surface area contributed by atoms with Crippen molar-refractivity contribution in [3.8, 4) is 5.75 Å². The van der Waals surface area contributed by atoms with Gasteiger partial charge in [0.05, 0.1) is 0 Å².